The summed E-state index contributed by atoms with van der Waals surface area (Å²) in [5.41, 5.74) is 1.53. The van der Waals surface area contributed by atoms with Crippen molar-refractivity contribution in [1.82, 2.24) is 19.5 Å². The van der Waals surface area contributed by atoms with Crippen molar-refractivity contribution < 1.29 is 24.0 Å². The van der Waals surface area contributed by atoms with Gasteiger partial charge in [0.15, 0.2) is 0 Å². The largest absolute Gasteiger partial charge is 0.445 e. The second-order valence-electron chi connectivity index (χ2n) is 9.27. The maximum absolute atomic E-state index is 12.8. The molecule has 1 aromatic carbocycles. The number of carbonyl (C=O) groups excluding carboxylic acids is 3. The van der Waals surface area contributed by atoms with Crippen molar-refractivity contribution in [2.45, 2.75) is 33.9 Å². The Hall–Kier alpha value is -3.88. The van der Waals surface area contributed by atoms with Crippen molar-refractivity contribution in [3.05, 3.63) is 66.1 Å². The number of piperazine rings is 1. The highest BCUT2D eigenvalue weighted by molar-refractivity contribution is 5.84. The summed E-state index contributed by atoms with van der Waals surface area (Å²) >= 11 is 0. The third-order valence-electron chi connectivity index (χ3n) is 5.55. The molecule has 0 bridgehead atoms. The Kier molecular flexibility index (Phi) is 6.54. The van der Waals surface area contributed by atoms with E-state index in [2.05, 4.69) is 4.98 Å². The van der Waals surface area contributed by atoms with E-state index in [-0.39, 0.29) is 31.6 Å². The molecule has 2 amide bonds. The average molecular weight is 465 g/mol. The molecule has 34 heavy (non-hydrogen) atoms. The fourth-order valence-electron chi connectivity index (χ4n) is 3.56. The van der Waals surface area contributed by atoms with Crippen LogP contribution in [0.15, 0.2) is 54.9 Å². The highest BCUT2D eigenvalue weighted by Crippen LogP contribution is 2.22. The molecule has 9 nitrogen and oxygen atoms in total. The Morgan fingerprint density at radius 1 is 1.09 bits per heavy atom. The van der Waals surface area contributed by atoms with Gasteiger partial charge < -0.3 is 14.5 Å². The van der Waals surface area contributed by atoms with E-state index in [4.69, 9.17) is 9.57 Å². The molecule has 0 saturated carbocycles. The van der Waals surface area contributed by atoms with Gasteiger partial charge in [0.2, 0.25) is 5.91 Å². The summed E-state index contributed by atoms with van der Waals surface area (Å²) in [5.74, 6) is -0.597. The minimum atomic E-state index is -0.692. The van der Waals surface area contributed by atoms with E-state index in [1.165, 1.54) is 9.63 Å². The number of hydrogen-bond acceptors (Lipinski definition) is 6. The molecule has 3 aromatic rings. The van der Waals surface area contributed by atoms with Crippen LogP contribution >= 0.6 is 0 Å². The zero-order valence-electron chi connectivity index (χ0n) is 19.6. The number of nitrogens with zero attached hydrogens (tertiary/aromatic N) is 4. The molecule has 9 heteroatoms. The third-order valence-corrected chi connectivity index (χ3v) is 5.55. The van der Waals surface area contributed by atoms with Crippen molar-refractivity contribution in [2.24, 2.45) is 5.41 Å². The van der Waals surface area contributed by atoms with E-state index in [9.17, 15) is 14.4 Å². The number of ether oxygens (including phenoxy) is 1. The Balaban J connectivity index is 1.43. The van der Waals surface area contributed by atoms with Gasteiger partial charge in [-0.1, -0.05) is 30.3 Å². The predicted molar refractivity (Wildman–Crippen MR) is 124 cm³/mol. The minimum absolute atomic E-state index is 0.0722. The molecule has 0 aliphatic carbocycles. The quantitative estimate of drug-likeness (QED) is 0.576. The molecule has 4 rings (SSSR count). The number of pyridine rings is 1. The van der Waals surface area contributed by atoms with Gasteiger partial charge in [0.1, 0.15) is 13.2 Å². The van der Waals surface area contributed by atoms with Crippen molar-refractivity contribution in [3.8, 4) is 0 Å². The van der Waals surface area contributed by atoms with E-state index < -0.39 is 11.5 Å². The van der Waals surface area contributed by atoms with Crippen molar-refractivity contribution in [1.29, 1.82) is 0 Å². The van der Waals surface area contributed by atoms with Crippen LogP contribution in [0.4, 0.5) is 4.79 Å². The molecule has 1 aliphatic rings. The summed E-state index contributed by atoms with van der Waals surface area (Å²) < 4.78 is 6.82. The maximum atomic E-state index is 12.8. The standard InChI is InChI=1S/C25H28N4O5/c1-25(2,3)23(31)34-29-20(13-19-14-26-10-9-21(19)29)15-27-11-12-28(16-22(27)30)24(32)33-17-18-7-5-4-6-8-18/h4-10,13-14H,11-12,15-17H2,1-3H3. The van der Waals surface area contributed by atoms with Crippen LogP contribution in [0.1, 0.15) is 32.0 Å². The van der Waals surface area contributed by atoms with Crippen LogP contribution in [0, 0.1) is 5.41 Å². The first kappa shape index (κ1) is 23.3. The number of benzene rings is 1. The first-order chi connectivity index (χ1) is 16.2. The lowest BCUT2D eigenvalue weighted by Gasteiger charge is -2.33. The first-order valence-corrected chi connectivity index (χ1v) is 11.1. The summed E-state index contributed by atoms with van der Waals surface area (Å²) in [6.07, 6.45) is 2.79. The molecule has 178 valence electrons. The molecule has 1 aliphatic heterocycles. The second-order valence-corrected chi connectivity index (χ2v) is 9.27. The van der Waals surface area contributed by atoms with Gasteiger partial charge in [-0.3, -0.25) is 14.7 Å². The van der Waals surface area contributed by atoms with Gasteiger partial charge in [-0.25, -0.2) is 9.59 Å². The predicted octanol–water partition coefficient (Wildman–Crippen LogP) is 3.02. The van der Waals surface area contributed by atoms with Gasteiger partial charge >= 0.3 is 12.1 Å². The smallest absolute Gasteiger partial charge is 0.410 e. The zero-order chi connectivity index (χ0) is 24.3. The van der Waals surface area contributed by atoms with E-state index >= 15 is 0 Å². The number of fused-ring (bicyclic) bond motifs is 1. The van der Waals surface area contributed by atoms with Crippen LogP contribution in [-0.4, -0.2) is 57.1 Å². The van der Waals surface area contributed by atoms with Gasteiger partial charge in [0, 0.05) is 30.9 Å². The SMILES string of the molecule is CC(C)(C)C(=O)On1c(CN2CCN(C(=O)OCc3ccccc3)CC2=O)cc2cnccc21. The Labute approximate surface area is 197 Å². The number of amides is 2. The van der Waals surface area contributed by atoms with Crippen molar-refractivity contribution >= 4 is 28.9 Å². The maximum Gasteiger partial charge on any atom is 0.410 e. The fraction of sp³-hybridized carbons (Fsp3) is 0.360. The van der Waals surface area contributed by atoms with E-state index in [1.807, 2.05) is 36.4 Å². The highest BCUT2D eigenvalue weighted by Gasteiger charge is 2.30. The van der Waals surface area contributed by atoms with Crippen LogP contribution in [0.5, 0.6) is 0 Å². The number of carbonyl (C=O) groups is 3. The third kappa shape index (κ3) is 5.19. The van der Waals surface area contributed by atoms with Crippen LogP contribution in [0.25, 0.3) is 10.9 Å². The average Bonchev–Trinajstić information content (AvgIpc) is 3.15. The summed E-state index contributed by atoms with van der Waals surface area (Å²) in [7, 11) is 0. The zero-order valence-corrected chi connectivity index (χ0v) is 19.6. The van der Waals surface area contributed by atoms with E-state index in [1.54, 1.807) is 44.1 Å². The van der Waals surface area contributed by atoms with Gasteiger partial charge in [0.05, 0.1) is 23.2 Å². The van der Waals surface area contributed by atoms with Gasteiger partial charge in [0.25, 0.3) is 0 Å². The van der Waals surface area contributed by atoms with Crippen LogP contribution < -0.4 is 4.84 Å². The Morgan fingerprint density at radius 3 is 2.56 bits per heavy atom. The molecular formula is C25H28N4O5. The molecule has 3 heterocycles. The van der Waals surface area contributed by atoms with Crippen molar-refractivity contribution in [2.75, 3.05) is 19.6 Å². The Bertz CT molecular complexity index is 1200. The number of aromatic nitrogens is 2. The first-order valence-electron chi connectivity index (χ1n) is 11.1. The van der Waals surface area contributed by atoms with Gasteiger partial charge in [-0.2, -0.15) is 4.73 Å². The molecule has 0 radical (unpaired) electrons. The van der Waals surface area contributed by atoms with Crippen LogP contribution in [0.3, 0.4) is 0 Å². The molecule has 2 aromatic heterocycles. The molecule has 0 atom stereocenters. The fourth-order valence-corrected chi connectivity index (χ4v) is 3.56. The second kappa shape index (κ2) is 9.54. The van der Waals surface area contributed by atoms with E-state index in [0.29, 0.717) is 24.3 Å². The van der Waals surface area contributed by atoms with Crippen molar-refractivity contribution in [3.63, 3.8) is 0 Å². The minimum Gasteiger partial charge on any atom is -0.445 e. The van der Waals surface area contributed by atoms with Gasteiger partial charge in [-0.15, -0.1) is 0 Å². The lowest BCUT2D eigenvalue weighted by atomic mass is 9.98. The van der Waals surface area contributed by atoms with E-state index in [0.717, 1.165) is 10.9 Å². The summed E-state index contributed by atoms with van der Waals surface area (Å²) in [4.78, 5) is 50.7. The monoisotopic (exact) mass is 464 g/mol. The number of rotatable bonds is 5. The molecular weight excluding hydrogens is 436 g/mol. The topological polar surface area (TPSA) is 94.0 Å². The lowest BCUT2D eigenvalue weighted by Crippen LogP contribution is -2.52. The lowest BCUT2D eigenvalue weighted by molar-refractivity contribution is -0.153. The normalized spacial score (nSPS) is 14.4. The molecule has 0 unspecified atom stereocenters. The summed E-state index contributed by atoms with van der Waals surface area (Å²) in [6.45, 7) is 6.34. The molecule has 1 fully saturated rings. The van der Waals surface area contributed by atoms with Gasteiger partial charge in [-0.05, 0) is 38.5 Å². The Morgan fingerprint density at radius 2 is 1.85 bits per heavy atom. The van der Waals surface area contributed by atoms with Crippen LogP contribution in [0.2, 0.25) is 0 Å². The molecule has 0 spiro atoms. The van der Waals surface area contributed by atoms with Crippen LogP contribution in [-0.2, 0) is 27.5 Å². The number of hydrogen-bond donors (Lipinski definition) is 0. The summed E-state index contributed by atoms with van der Waals surface area (Å²) in [5, 5.41) is 0.801. The molecule has 1 saturated heterocycles. The molecule has 0 N–H and O–H groups in total. The summed E-state index contributed by atoms with van der Waals surface area (Å²) in [6, 6.07) is 13.0. The highest BCUT2D eigenvalue weighted by atomic mass is 16.7.